The van der Waals surface area contributed by atoms with E-state index in [1.54, 1.807) is 17.0 Å². The van der Waals surface area contributed by atoms with E-state index in [-0.39, 0.29) is 17.9 Å². The molecule has 2 aromatic carbocycles. The van der Waals surface area contributed by atoms with Gasteiger partial charge in [0.1, 0.15) is 0 Å². The summed E-state index contributed by atoms with van der Waals surface area (Å²) in [6, 6.07) is 13.0. The largest absolute Gasteiger partial charge is 0.396 e. The van der Waals surface area contributed by atoms with Gasteiger partial charge in [-0.15, -0.1) is 0 Å². The SMILES string of the molecule is C=C(C)c1ccc2c(c1)C(=O)N(c1ccc(Cl)cc1)C2OCC1(CO)CC1. The van der Waals surface area contributed by atoms with Crippen LogP contribution in [0.25, 0.3) is 5.57 Å². The van der Waals surface area contributed by atoms with Crippen LogP contribution in [0.2, 0.25) is 5.02 Å². The van der Waals surface area contributed by atoms with Crippen LogP contribution in [0.1, 0.15) is 47.5 Å². The summed E-state index contributed by atoms with van der Waals surface area (Å²) in [6.07, 6.45) is 1.39. The highest BCUT2D eigenvalue weighted by Gasteiger charge is 2.45. The number of aliphatic hydroxyl groups excluding tert-OH is 1. The second kappa shape index (κ2) is 6.79. The van der Waals surface area contributed by atoms with E-state index in [0.717, 1.165) is 35.2 Å². The van der Waals surface area contributed by atoms with E-state index in [0.29, 0.717) is 17.2 Å². The Kier molecular flexibility index (Phi) is 4.58. The molecule has 1 aliphatic heterocycles. The highest BCUT2D eigenvalue weighted by Crippen LogP contribution is 2.47. The van der Waals surface area contributed by atoms with E-state index in [1.165, 1.54) is 0 Å². The summed E-state index contributed by atoms with van der Waals surface area (Å²) in [6.45, 7) is 6.42. The lowest BCUT2D eigenvalue weighted by atomic mass is 10.0. The third-order valence-electron chi connectivity index (χ3n) is 5.44. The highest BCUT2D eigenvalue weighted by atomic mass is 35.5. The molecule has 1 saturated carbocycles. The predicted molar refractivity (Wildman–Crippen MR) is 107 cm³/mol. The maximum atomic E-state index is 13.2. The molecule has 0 spiro atoms. The number of ether oxygens (including phenoxy) is 1. The van der Waals surface area contributed by atoms with E-state index in [2.05, 4.69) is 6.58 Å². The van der Waals surface area contributed by atoms with Gasteiger partial charge in [-0.25, -0.2) is 0 Å². The molecule has 4 rings (SSSR count). The monoisotopic (exact) mass is 383 g/mol. The molecule has 1 fully saturated rings. The van der Waals surface area contributed by atoms with Crippen LogP contribution < -0.4 is 4.90 Å². The number of nitrogens with zero attached hydrogens (tertiary/aromatic N) is 1. The Hall–Kier alpha value is -2.14. The van der Waals surface area contributed by atoms with E-state index < -0.39 is 6.23 Å². The summed E-state index contributed by atoms with van der Waals surface area (Å²) in [7, 11) is 0. The van der Waals surface area contributed by atoms with Crippen LogP contribution in [-0.4, -0.2) is 24.2 Å². The Morgan fingerprint density at radius 1 is 1.30 bits per heavy atom. The molecule has 0 saturated heterocycles. The van der Waals surface area contributed by atoms with Gasteiger partial charge in [0.25, 0.3) is 5.91 Å². The predicted octanol–water partition coefficient (Wildman–Crippen LogP) is 4.82. The summed E-state index contributed by atoms with van der Waals surface area (Å²) in [5.74, 6) is -0.103. The lowest BCUT2D eigenvalue weighted by Gasteiger charge is -2.27. The molecule has 2 aliphatic rings. The maximum absolute atomic E-state index is 13.2. The van der Waals surface area contributed by atoms with Crippen LogP contribution in [0, 0.1) is 5.41 Å². The molecular formula is C22H22ClNO3. The third kappa shape index (κ3) is 3.29. The van der Waals surface area contributed by atoms with Gasteiger partial charge in [0.05, 0.1) is 13.2 Å². The van der Waals surface area contributed by atoms with Gasteiger partial charge in [-0.2, -0.15) is 0 Å². The number of carbonyl (C=O) groups excluding carboxylic acids is 1. The summed E-state index contributed by atoms with van der Waals surface area (Å²) in [5.41, 5.74) is 3.89. The quantitative estimate of drug-likeness (QED) is 0.777. The molecule has 0 bridgehead atoms. The van der Waals surface area contributed by atoms with Gasteiger partial charge in [-0.3, -0.25) is 9.69 Å². The minimum atomic E-state index is -0.517. The molecule has 27 heavy (non-hydrogen) atoms. The molecule has 1 unspecified atom stereocenters. The summed E-state index contributed by atoms with van der Waals surface area (Å²) in [5, 5.41) is 10.2. The first kappa shape index (κ1) is 18.2. The number of hydrogen-bond acceptors (Lipinski definition) is 3. The molecule has 5 heteroatoms. The van der Waals surface area contributed by atoms with Crippen LogP contribution in [-0.2, 0) is 4.74 Å². The molecule has 4 nitrogen and oxygen atoms in total. The number of halogens is 1. The molecule has 1 heterocycles. The lowest BCUT2D eigenvalue weighted by Crippen LogP contribution is -2.31. The first-order valence-electron chi connectivity index (χ1n) is 9.05. The van der Waals surface area contributed by atoms with Crippen molar-refractivity contribution in [2.24, 2.45) is 5.41 Å². The summed E-state index contributed by atoms with van der Waals surface area (Å²) >= 11 is 6.01. The van der Waals surface area contributed by atoms with Crippen LogP contribution in [0.5, 0.6) is 0 Å². The van der Waals surface area contributed by atoms with Gasteiger partial charge in [-0.05, 0) is 55.7 Å². The van der Waals surface area contributed by atoms with Gasteiger partial charge in [0.15, 0.2) is 6.23 Å². The van der Waals surface area contributed by atoms with Gasteiger partial charge in [0, 0.05) is 27.3 Å². The lowest BCUT2D eigenvalue weighted by molar-refractivity contribution is 0.00841. The van der Waals surface area contributed by atoms with Crippen molar-refractivity contribution in [1.82, 2.24) is 0 Å². The van der Waals surface area contributed by atoms with Crippen LogP contribution >= 0.6 is 11.6 Å². The number of hydrogen-bond donors (Lipinski definition) is 1. The summed E-state index contributed by atoms with van der Waals surface area (Å²) < 4.78 is 6.21. The Morgan fingerprint density at radius 2 is 2.00 bits per heavy atom. The zero-order chi connectivity index (χ0) is 19.2. The standard InChI is InChI=1S/C22H22ClNO3/c1-14(2)15-3-8-18-19(11-15)20(26)24(17-6-4-16(23)5-7-17)21(18)27-13-22(12-25)9-10-22/h3-8,11,21,25H,1,9-10,12-13H2,2H3. The van der Waals surface area contributed by atoms with Crippen molar-refractivity contribution in [1.29, 1.82) is 0 Å². The number of fused-ring (bicyclic) bond motifs is 1. The fourth-order valence-corrected chi connectivity index (χ4v) is 3.52. The van der Waals surface area contributed by atoms with Crippen molar-refractivity contribution in [2.45, 2.75) is 26.0 Å². The molecule has 1 amide bonds. The average molecular weight is 384 g/mol. The number of amides is 1. The number of anilines is 1. The fourth-order valence-electron chi connectivity index (χ4n) is 3.40. The summed E-state index contributed by atoms with van der Waals surface area (Å²) in [4.78, 5) is 14.9. The van der Waals surface area contributed by atoms with Crippen molar-refractivity contribution >= 4 is 28.8 Å². The number of benzene rings is 2. The van der Waals surface area contributed by atoms with Crippen molar-refractivity contribution in [3.63, 3.8) is 0 Å². The fraction of sp³-hybridized carbons (Fsp3) is 0.318. The minimum absolute atomic E-state index is 0.103. The van der Waals surface area contributed by atoms with Crippen LogP contribution in [0.15, 0.2) is 49.0 Å². The number of aliphatic hydroxyl groups is 1. The maximum Gasteiger partial charge on any atom is 0.261 e. The molecule has 1 aliphatic carbocycles. The molecular weight excluding hydrogens is 362 g/mol. The van der Waals surface area contributed by atoms with Crippen molar-refractivity contribution in [2.75, 3.05) is 18.1 Å². The Morgan fingerprint density at radius 3 is 2.59 bits per heavy atom. The zero-order valence-corrected chi connectivity index (χ0v) is 16.0. The van der Waals surface area contributed by atoms with E-state index in [9.17, 15) is 9.90 Å². The van der Waals surface area contributed by atoms with Crippen molar-refractivity contribution < 1.29 is 14.6 Å². The normalized spacial score (nSPS) is 19.9. The van der Waals surface area contributed by atoms with E-state index in [4.69, 9.17) is 16.3 Å². The van der Waals surface area contributed by atoms with Crippen LogP contribution in [0.3, 0.4) is 0 Å². The third-order valence-corrected chi connectivity index (χ3v) is 5.69. The number of rotatable bonds is 6. The zero-order valence-electron chi connectivity index (χ0n) is 15.2. The first-order valence-corrected chi connectivity index (χ1v) is 9.43. The van der Waals surface area contributed by atoms with Gasteiger partial charge >= 0.3 is 0 Å². The van der Waals surface area contributed by atoms with Gasteiger partial charge in [-0.1, -0.05) is 35.9 Å². The molecule has 2 aromatic rings. The van der Waals surface area contributed by atoms with Crippen LogP contribution in [0.4, 0.5) is 5.69 Å². The Balaban J connectivity index is 1.72. The van der Waals surface area contributed by atoms with Gasteiger partial charge < -0.3 is 9.84 Å². The highest BCUT2D eigenvalue weighted by molar-refractivity contribution is 6.30. The van der Waals surface area contributed by atoms with Crippen molar-refractivity contribution in [3.05, 3.63) is 70.8 Å². The minimum Gasteiger partial charge on any atom is -0.396 e. The van der Waals surface area contributed by atoms with Gasteiger partial charge in [0.2, 0.25) is 0 Å². The van der Waals surface area contributed by atoms with E-state index >= 15 is 0 Å². The van der Waals surface area contributed by atoms with Crippen molar-refractivity contribution in [3.8, 4) is 0 Å². The molecule has 1 atom stereocenters. The smallest absolute Gasteiger partial charge is 0.261 e. The molecule has 1 N–H and O–H groups in total. The molecule has 0 radical (unpaired) electrons. The number of allylic oxidation sites excluding steroid dienone is 1. The topological polar surface area (TPSA) is 49.8 Å². The number of carbonyl (C=O) groups is 1. The molecule has 0 aromatic heterocycles. The average Bonchev–Trinajstić information content (AvgIpc) is 3.40. The Bertz CT molecular complexity index is 902. The Labute approximate surface area is 164 Å². The van der Waals surface area contributed by atoms with E-state index in [1.807, 2.05) is 37.3 Å². The first-order chi connectivity index (χ1) is 12.9. The molecule has 140 valence electrons. The second-order valence-corrected chi connectivity index (χ2v) is 7.99. The second-order valence-electron chi connectivity index (χ2n) is 7.56.